The van der Waals surface area contributed by atoms with E-state index in [0.29, 0.717) is 6.04 Å². The van der Waals surface area contributed by atoms with Crippen molar-refractivity contribution in [3.8, 4) is 0 Å². The Bertz CT molecular complexity index is 310. The van der Waals surface area contributed by atoms with Gasteiger partial charge in [-0.3, -0.25) is 0 Å². The summed E-state index contributed by atoms with van der Waals surface area (Å²) in [6.45, 7) is 0.121. The lowest BCUT2D eigenvalue weighted by atomic mass is 10.1. The fraction of sp³-hybridized carbons (Fsp3) is 0.500. The second-order valence-electron chi connectivity index (χ2n) is 3.89. The lowest BCUT2D eigenvalue weighted by Gasteiger charge is -2.23. The van der Waals surface area contributed by atoms with Gasteiger partial charge in [-0.1, -0.05) is 12.1 Å². The van der Waals surface area contributed by atoms with Crippen molar-refractivity contribution in [2.24, 2.45) is 0 Å². The van der Waals surface area contributed by atoms with Crippen molar-refractivity contribution in [3.63, 3.8) is 0 Å². The SMILES string of the molecule is OCc1cccc(NC2CCSCC2)c1. The molecule has 0 aliphatic carbocycles. The fourth-order valence-electron chi connectivity index (χ4n) is 1.84. The van der Waals surface area contributed by atoms with E-state index in [4.69, 9.17) is 5.11 Å². The Balaban J connectivity index is 1.96. The molecule has 1 heterocycles. The molecule has 0 spiro atoms. The van der Waals surface area contributed by atoms with Gasteiger partial charge in [-0.05, 0) is 42.0 Å². The summed E-state index contributed by atoms with van der Waals surface area (Å²) in [6.07, 6.45) is 2.49. The average Bonchev–Trinajstić information content (AvgIpc) is 2.31. The first-order valence-electron chi connectivity index (χ1n) is 5.42. The van der Waals surface area contributed by atoms with Gasteiger partial charge in [-0.2, -0.15) is 11.8 Å². The largest absolute Gasteiger partial charge is 0.392 e. The van der Waals surface area contributed by atoms with Crippen LogP contribution in [0.2, 0.25) is 0 Å². The first kappa shape index (κ1) is 10.8. The minimum absolute atomic E-state index is 0.121. The molecule has 1 aliphatic heterocycles. The summed E-state index contributed by atoms with van der Waals surface area (Å²) in [5.74, 6) is 2.52. The highest BCUT2D eigenvalue weighted by atomic mass is 32.2. The van der Waals surface area contributed by atoms with Gasteiger partial charge in [0.05, 0.1) is 6.61 Å². The predicted octanol–water partition coefficient (Wildman–Crippen LogP) is 2.49. The third kappa shape index (κ3) is 3.14. The quantitative estimate of drug-likeness (QED) is 0.825. The predicted molar refractivity (Wildman–Crippen MR) is 66.3 cm³/mol. The van der Waals surface area contributed by atoms with Crippen molar-refractivity contribution < 1.29 is 5.11 Å². The zero-order valence-corrected chi connectivity index (χ0v) is 9.59. The highest BCUT2D eigenvalue weighted by molar-refractivity contribution is 7.99. The van der Waals surface area contributed by atoms with Crippen LogP contribution in [-0.4, -0.2) is 22.7 Å². The third-order valence-electron chi connectivity index (χ3n) is 2.70. The number of anilines is 1. The molecule has 0 aromatic heterocycles. The van der Waals surface area contributed by atoms with Gasteiger partial charge >= 0.3 is 0 Å². The first-order valence-corrected chi connectivity index (χ1v) is 6.58. The van der Waals surface area contributed by atoms with Crippen LogP contribution in [-0.2, 0) is 6.61 Å². The van der Waals surface area contributed by atoms with Crippen LogP contribution in [0.4, 0.5) is 5.69 Å². The maximum Gasteiger partial charge on any atom is 0.0682 e. The smallest absolute Gasteiger partial charge is 0.0682 e. The molecular weight excluding hydrogens is 206 g/mol. The van der Waals surface area contributed by atoms with E-state index in [1.54, 1.807) is 0 Å². The summed E-state index contributed by atoms with van der Waals surface area (Å²) in [5, 5.41) is 12.6. The van der Waals surface area contributed by atoms with Crippen molar-refractivity contribution >= 4 is 17.4 Å². The topological polar surface area (TPSA) is 32.3 Å². The molecule has 3 heteroatoms. The van der Waals surface area contributed by atoms with E-state index < -0.39 is 0 Å². The maximum absolute atomic E-state index is 9.04. The lowest BCUT2D eigenvalue weighted by Crippen LogP contribution is -2.24. The Morgan fingerprint density at radius 2 is 2.13 bits per heavy atom. The van der Waals surface area contributed by atoms with Gasteiger partial charge in [-0.15, -0.1) is 0 Å². The molecule has 1 aromatic rings. The molecule has 15 heavy (non-hydrogen) atoms. The van der Waals surface area contributed by atoms with Crippen molar-refractivity contribution in [2.75, 3.05) is 16.8 Å². The van der Waals surface area contributed by atoms with E-state index in [0.717, 1.165) is 11.3 Å². The summed E-state index contributed by atoms with van der Waals surface area (Å²) in [5.41, 5.74) is 2.11. The highest BCUT2D eigenvalue weighted by Crippen LogP contribution is 2.21. The molecule has 0 amide bonds. The number of hydrogen-bond acceptors (Lipinski definition) is 3. The molecule has 0 atom stereocenters. The van der Waals surface area contributed by atoms with Gasteiger partial charge in [0.15, 0.2) is 0 Å². The van der Waals surface area contributed by atoms with Crippen molar-refractivity contribution in [1.29, 1.82) is 0 Å². The second-order valence-corrected chi connectivity index (χ2v) is 5.11. The van der Waals surface area contributed by atoms with Crippen LogP contribution in [0.1, 0.15) is 18.4 Å². The standard InChI is InChI=1S/C12H17NOS/c14-9-10-2-1-3-12(8-10)13-11-4-6-15-7-5-11/h1-3,8,11,13-14H,4-7,9H2. The molecule has 82 valence electrons. The fourth-order valence-corrected chi connectivity index (χ4v) is 2.94. The van der Waals surface area contributed by atoms with Gasteiger partial charge in [-0.25, -0.2) is 0 Å². The molecule has 0 radical (unpaired) electrons. The molecule has 0 saturated carbocycles. The molecule has 1 fully saturated rings. The third-order valence-corrected chi connectivity index (χ3v) is 3.75. The van der Waals surface area contributed by atoms with Gasteiger partial charge in [0.2, 0.25) is 0 Å². The number of thioether (sulfide) groups is 1. The molecule has 2 rings (SSSR count). The molecule has 1 saturated heterocycles. The van der Waals surface area contributed by atoms with Crippen LogP contribution >= 0.6 is 11.8 Å². The monoisotopic (exact) mass is 223 g/mol. The summed E-state index contributed by atoms with van der Waals surface area (Å²) < 4.78 is 0. The van der Waals surface area contributed by atoms with E-state index in [1.165, 1.54) is 24.3 Å². The van der Waals surface area contributed by atoms with Crippen molar-refractivity contribution in [3.05, 3.63) is 29.8 Å². The number of aliphatic hydroxyl groups excluding tert-OH is 1. The van der Waals surface area contributed by atoms with Gasteiger partial charge in [0.1, 0.15) is 0 Å². The van der Waals surface area contributed by atoms with E-state index >= 15 is 0 Å². The second kappa shape index (κ2) is 5.42. The zero-order valence-electron chi connectivity index (χ0n) is 8.78. The van der Waals surface area contributed by atoms with Gasteiger partial charge < -0.3 is 10.4 Å². The Kier molecular flexibility index (Phi) is 3.92. The molecule has 2 nitrogen and oxygen atoms in total. The average molecular weight is 223 g/mol. The van der Waals surface area contributed by atoms with E-state index in [-0.39, 0.29) is 6.61 Å². The minimum Gasteiger partial charge on any atom is -0.392 e. The van der Waals surface area contributed by atoms with Crippen LogP contribution in [0.3, 0.4) is 0 Å². The Hall–Kier alpha value is -0.670. The van der Waals surface area contributed by atoms with E-state index in [1.807, 2.05) is 30.0 Å². The Labute approximate surface area is 95.1 Å². The number of hydrogen-bond donors (Lipinski definition) is 2. The van der Waals surface area contributed by atoms with Crippen molar-refractivity contribution in [1.82, 2.24) is 0 Å². The van der Waals surface area contributed by atoms with E-state index in [2.05, 4.69) is 11.4 Å². The summed E-state index contributed by atoms with van der Waals surface area (Å²) >= 11 is 2.04. The summed E-state index contributed by atoms with van der Waals surface area (Å²) in [6, 6.07) is 8.65. The first-order chi connectivity index (χ1) is 7.38. The van der Waals surface area contributed by atoms with Crippen molar-refractivity contribution in [2.45, 2.75) is 25.5 Å². The van der Waals surface area contributed by atoms with Crippen LogP contribution < -0.4 is 5.32 Å². The lowest BCUT2D eigenvalue weighted by molar-refractivity contribution is 0.282. The van der Waals surface area contributed by atoms with Crippen LogP contribution in [0.25, 0.3) is 0 Å². The Morgan fingerprint density at radius 1 is 1.33 bits per heavy atom. The number of nitrogens with one attached hydrogen (secondary N) is 1. The highest BCUT2D eigenvalue weighted by Gasteiger charge is 2.12. The molecule has 0 unspecified atom stereocenters. The van der Waals surface area contributed by atoms with Gasteiger partial charge in [0.25, 0.3) is 0 Å². The number of benzene rings is 1. The molecular formula is C12H17NOS. The summed E-state index contributed by atoms with van der Waals surface area (Å²) in [7, 11) is 0. The van der Waals surface area contributed by atoms with Crippen LogP contribution in [0.15, 0.2) is 24.3 Å². The normalized spacial score (nSPS) is 17.7. The molecule has 0 bridgehead atoms. The molecule has 2 N–H and O–H groups in total. The van der Waals surface area contributed by atoms with Crippen LogP contribution in [0, 0.1) is 0 Å². The maximum atomic E-state index is 9.04. The molecule has 1 aromatic carbocycles. The van der Waals surface area contributed by atoms with Gasteiger partial charge in [0, 0.05) is 11.7 Å². The zero-order chi connectivity index (χ0) is 10.5. The summed E-state index contributed by atoms with van der Waals surface area (Å²) in [4.78, 5) is 0. The Morgan fingerprint density at radius 3 is 2.87 bits per heavy atom. The van der Waals surface area contributed by atoms with Crippen LogP contribution in [0.5, 0.6) is 0 Å². The number of aliphatic hydroxyl groups is 1. The number of rotatable bonds is 3. The minimum atomic E-state index is 0.121. The van der Waals surface area contributed by atoms with E-state index in [9.17, 15) is 0 Å². The molecule has 1 aliphatic rings.